The summed E-state index contributed by atoms with van der Waals surface area (Å²) >= 11 is 0. The van der Waals surface area contributed by atoms with E-state index in [1.54, 1.807) is 25.1 Å². The molecule has 8 nitrogen and oxygen atoms in total. The Kier molecular flexibility index (Phi) is 6.68. The number of nitrogens with zero attached hydrogens (tertiary/aromatic N) is 2. The van der Waals surface area contributed by atoms with Gasteiger partial charge < -0.3 is 19.5 Å². The van der Waals surface area contributed by atoms with Crippen LogP contribution in [0.25, 0.3) is 22.4 Å². The highest BCUT2D eigenvalue weighted by atomic mass is 19.3. The first-order chi connectivity index (χ1) is 16.7. The van der Waals surface area contributed by atoms with Crippen LogP contribution in [0.2, 0.25) is 0 Å². The molecule has 4 rings (SSSR count). The molecule has 1 aliphatic rings. The lowest BCUT2D eigenvalue weighted by Crippen LogP contribution is -2.32. The molecule has 1 N–H and O–H groups in total. The molecule has 0 fully saturated rings. The molecule has 1 aromatic heterocycles. The van der Waals surface area contributed by atoms with E-state index in [1.165, 1.54) is 31.2 Å². The van der Waals surface area contributed by atoms with Crippen LogP contribution in [0.3, 0.4) is 0 Å². The summed E-state index contributed by atoms with van der Waals surface area (Å²) in [7, 11) is 0. The first-order valence-corrected chi connectivity index (χ1v) is 10.7. The van der Waals surface area contributed by atoms with Crippen molar-refractivity contribution in [2.45, 2.75) is 26.3 Å². The average molecular weight is 489 g/mol. The number of carbonyl (C=O) groups excluding carboxylic acids is 2. The minimum absolute atomic E-state index is 0.00684. The van der Waals surface area contributed by atoms with E-state index in [0.717, 1.165) is 4.68 Å². The standard InChI is InChI=1S/C24H22F3N3O5/c1-3-33-23(32)35-13-24(26,27)12-30-22(15-4-7-17(25)8-5-15)21(14(2)29-30)16-6-9-19-18(10-16)28-20(31)11-34-19/h4-10H,3,11-13H2,1-2H3,(H,28,31). The van der Waals surface area contributed by atoms with E-state index in [0.29, 0.717) is 39.5 Å². The second-order valence-electron chi connectivity index (χ2n) is 7.85. The predicted octanol–water partition coefficient (Wildman–Crippen LogP) is 4.80. The topological polar surface area (TPSA) is 91.7 Å². The van der Waals surface area contributed by atoms with Crippen LogP contribution in [0.1, 0.15) is 12.6 Å². The Morgan fingerprint density at radius 3 is 2.60 bits per heavy atom. The van der Waals surface area contributed by atoms with Crippen molar-refractivity contribution in [1.82, 2.24) is 9.78 Å². The highest BCUT2D eigenvalue weighted by Gasteiger charge is 2.35. The molecule has 0 aliphatic carbocycles. The molecular formula is C24H22F3N3O5. The fourth-order valence-electron chi connectivity index (χ4n) is 3.77. The number of hydrogen-bond acceptors (Lipinski definition) is 6. The number of carbonyl (C=O) groups is 2. The quantitative estimate of drug-likeness (QED) is 0.480. The van der Waals surface area contributed by atoms with Gasteiger partial charge in [0.25, 0.3) is 5.91 Å². The van der Waals surface area contributed by atoms with Gasteiger partial charge in [0.15, 0.2) is 13.2 Å². The minimum atomic E-state index is -3.48. The number of anilines is 1. The van der Waals surface area contributed by atoms with Crippen molar-refractivity contribution in [2.75, 3.05) is 25.1 Å². The van der Waals surface area contributed by atoms with Crippen LogP contribution in [0.5, 0.6) is 5.75 Å². The third-order valence-corrected chi connectivity index (χ3v) is 5.19. The normalized spacial score (nSPS) is 13.0. The number of fused-ring (bicyclic) bond motifs is 1. The smallest absolute Gasteiger partial charge is 0.482 e. The lowest BCUT2D eigenvalue weighted by molar-refractivity contribution is -0.118. The summed E-state index contributed by atoms with van der Waals surface area (Å²) < 4.78 is 58.7. The third kappa shape index (κ3) is 5.39. The maximum Gasteiger partial charge on any atom is 0.508 e. The van der Waals surface area contributed by atoms with E-state index in [9.17, 15) is 22.8 Å². The van der Waals surface area contributed by atoms with E-state index < -0.39 is 31.0 Å². The number of benzene rings is 2. The highest BCUT2D eigenvalue weighted by molar-refractivity contribution is 5.97. The molecule has 0 unspecified atom stereocenters. The Hall–Kier alpha value is -4.02. The molecule has 2 aromatic carbocycles. The number of alkyl halides is 2. The Morgan fingerprint density at radius 2 is 1.89 bits per heavy atom. The number of halogens is 3. The zero-order valence-corrected chi connectivity index (χ0v) is 18.9. The van der Waals surface area contributed by atoms with Crippen molar-refractivity contribution in [3.63, 3.8) is 0 Å². The van der Waals surface area contributed by atoms with Gasteiger partial charge in [-0.3, -0.25) is 9.48 Å². The number of aryl methyl sites for hydroxylation is 1. The van der Waals surface area contributed by atoms with Gasteiger partial charge in [-0.15, -0.1) is 0 Å². The van der Waals surface area contributed by atoms with Crippen molar-refractivity contribution < 1.29 is 37.0 Å². The maximum atomic E-state index is 14.8. The number of rotatable bonds is 7. The molecule has 184 valence electrons. The van der Waals surface area contributed by atoms with Gasteiger partial charge in [0.2, 0.25) is 0 Å². The van der Waals surface area contributed by atoms with Crippen LogP contribution in [0.15, 0.2) is 42.5 Å². The van der Waals surface area contributed by atoms with E-state index >= 15 is 0 Å². The SMILES string of the molecule is CCOC(=O)OCC(F)(F)Cn1nc(C)c(-c2ccc3c(c2)NC(=O)CO3)c1-c1ccc(F)cc1. The van der Waals surface area contributed by atoms with Crippen LogP contribution in [0.4, 0.5) is 23.7 Å². The number of nitrogens with one attached hydrogen (secondary N) is 1. The summed E-state index contributed by atoms with van der Waals surface area (Å²) in [5, 5.41) is 7.03. The van der Waals surface area contributed by atoms with Gasteiger partial charge in [-0.25, -0.2) is 18.0 Å². The summed E-state index contributed by atoms with van der Waals surface area (Å²) in [6, 6.07) is 10.4. The summed E-state index contributed by atoms with van der Waals surface area (Å²) in [5.74, 6) is -3.80. The van der Waals surface area contributed by atoms with Gasteiger partial charge in [-0.2, -0.15) is 5.10 Å². The van der Waals surface area contributed by atoms with E-state index in [2.05, 4.69) is 19.9 Å². The van der Waals surface area contributed by atoms with Crippen molar-refractivity contribution in [3.8, 4) is 28.1 Å². The molecule has 0 bridgehead atoms. The maximum absolute atomic E-state index is 14.8. The molecule has 35 heavy (non-hydrogen) atoms. The third-order valence-electron chi connectivity index (χ3n) is 5.19. The lowest BCUT2D eigenvalue weighted by atomic mass is 9.98. The minimum Gasteiger partial charge on any atom is -0.482 e. The van der Waals surface area contributed by atoms with Crippen molar-refractivity contribution >= 4 is 17.7 Å². The van der Waals surface area contributed by atoms with Crippen LogP contribution in [-0.2, 0) is 20.8 Å². The second-order valence-corrected chi connectivity index (χ2v) is 7.85. The largest absolute Gasteiger partial charge is 0.508 e. The Bertz CT molecular complexity index is 1260. The molecule has 3 aromatic rings. The van der Waals surface area contributed by atoms with Gasteiger partial charge in [0.05, 0.1) is 23.7 Å². The Balaban J connectivity index is 1.75. The average Bonchev–Trinajstić information content (AvgIpc) is 3.12. The van der Waals surface area contributed by atoms with Gasteiger partial charge in [-0.1, -0.05) is 6.07 Å². The van der Waals surface area contributed by atoms with Gasteiger partial charge in [0, 0.05) is 11.1 Å². The van der Waals surface area contributed by atoms with Crippen LogP contribution < -0.4 is 10.1 Å². The number of aromatic nitrogens is 2. The van der Waals surface area contributed by atoms with E-state index in [4.69, 9.17) is 4.74 Å². The second kappa shape index (κ2) is 9.69. The van der Waals surface area contributed by atoms with Crippen LogP contribution in [-0.4, -0.2) is 47.6 Å². The molecule has 1 aliphatic heterocycles. The molecular weight excluding hydrogens is 467 g/mol. The molecule has 1 amide bonds. The highest BCUT2D eigenvalue weighted by Crippen LogP contribution is 2.40. The fraction of sp³-hybridized carbons (Fsp3) is 0.292. The fourth-order valence-corrected chi connectivity index (χ4v) is 3.77. The van der Waals surface area contributed by atoms with Gasteiger partial charge >= 0.3 is 12.1 Å². The Labute approximate surface area is 198 Å². The molecule has 0 radical (unpaired) electrons. The monoisotopic (exact) mass is 489 g/mol. The zero-order valence-electron chi connectivity index (χ0n) is 18.9. The lowest BCUT2D eigenvalue weighted by Gasteiger charge is -2.20. The summed E-state index contributed by atoms with van der Waals surface area (Å²) in [6.07, 6.45) is -1.19. The van der Waals surface area contributed by atoms with Crippen molar-refractivity contribution in [2.24, 2.45) is 0 Å². The number of amides is 1. The van der Waals surface area contributed by atoms with Gasteiger partial charge in [0.1, 0.15) is 18.1 Å². The zero-order chi connectivity index (χ0) is 25.2. The number of hydrogen-bond donors (Lipinski definition) is 1. The predicted molar refractivity (Wildman–Crippen MR) is 120 cm³/mol. The molecule has 0 spiro atoms. The molecule has 2 heterocycles. The van der Waals surface area contributed by atoms with Gasteiger partial charge in [-0.05, 0) is 55.8 Å². The van der Waals surface area contributed by atoms with Crippen molar-refractivity contribution in [1.29, 1.82) is 0 Å². The van der Waals surface area contributed by atoms with Crippen LogP contribution in [0, 0.1) is 12.7 Å². The van der Waals surface area contributed by atoms with Crippen molar-refractivity contribution in [3.05, 3.63) is 54.0 Å². The molecule has 0 saturated carbocycles. The first kappa shape index (κ1) is 24.1. The summed E-state index contributed by atoms with van der Waals surface area (Å²) in [5.41, 5.74) is 2.71. The summed E-state index contributed by atoms with van der Waals surface area (Å²) in [4.78, 5) is 23.1. The molecule has 11 heteroatoms. The molecule has 0 saturated heterocycles. The number of ether oxygens (including phenoxy) is 3. The summed E-state index contributed by atoms with van der Waals surface area (Å²) in [6.45, 7) is 0.956. The van der Waals surface area contributed by atoms with E-state index in [1.807, 2.05) is 0 Å². The van der Waals surface area contributed by atoms with E-state index in [-0.39, 0.29) is 19.1 Å². The molecule has 0 atom stereocenters. The van der Waals surface area contributed by atoms with Crippen LogP contribution >= 0.6 is 0 Å². The first-order valence-electron chi connectivity index (χ1n) is 10.7. The Morgan fingerprint density at radius 1 is 1.17 bits per heavy atom.